The third kappa shape index (κ3) is 1.47. The van der Waals surface area contributed by atoms with Gasteiger partial charge < -0.3 is 4.90 Å². The third-order valence-electron chi connectivity index (χ3n) is 3.44. The molecular formula is C10H15BrFNO. The van der Waals surface area contributed by atoms with E-state index in [2.05, 4.69) is 15.9 Å². The Balaban J connectivity index is 2.04. The summed E-state index contributed by atoms with van der Waals surface area (Å²) in [5.41, 5.74) is -0.690. The smallest absolute Gasteiger partial charge is 0.231 e. The normalized spacial score (nSPS) is 41.5. The maximum Gasteiger partial charge on any atom is 0.231 e. The Labute approximate surface area is 92.0 Å². The second-order valence-electron chi connectivity index (χ2n) is 4.54. The lowest BCUT2D eigenvalue weighted by molar-refractivity contribution is -0.137. The molecule has 1 saturated carbocycles. The van der Waals surface area contributed by atoms with Gasteiger partial charge in [0.15, 0.2) is 0 Å². The molecule has 0 radical (unpaired) electrons. The molecule has 0 aromatic heterocycles. The highest BCUT2D eigenvalue weighted by atomic mass is 79.9. The van der Waals surface area contributed by atoms with Crippen LogP contribution in [0.5, 0.6) is 0 Å². The number of hydrogen-bond donors (Lipinski definition) is 0. The maximum absolute atomic E-state index is 13.0. The highest BCUT2D eigenvalue weighted by molar-refractivity contribution is 9.09. The number of carbonyl (C=O) groups is 1. The molecule has 2 aliphatic rings. The molecule has 0 N–H and O–H groups in total. The number of halogens is 2. The summed E-state index contributed by atoms with van der Waals surface area (Å²) in [7, 11) is 0. The van der Waals surface area contributed by atoms with Gasteiger partial charge in [0.1, 0.15) is 6.17 Å². The maximum atomic E-state index is 13.0. The molecule has 1 aliphatic carbocycles. The SMILES string of the molecule is CC1(C(=O)N2CCCC2CBr)CC1F. The first kappa shape index (κ1) is 10.4. The fourth-order valence-electron chi connectivity index (χ4n) is 2.13. The summed E-state index contributed by atoms with van der Waals surface area (Å²) >= 11 is 3.40. The van der Waals surface area contributed by atoms with Gasteiger partial charge in [0.05, 0.1) is 5.41 Å². The Bertz CT molecular complexity index is 261. The molecule has 2 nitrogen and oxygen atoms in total. The number of rotatable bonds is 2. The topological polar surface area (TPSA) is 20.3 Å². The van der Waals surface area contributed by atoms with Gasteiger partial charge in [-0.3, -0.25) is 4.79 Å². The average molecular weight is 264 g/mol. The molecule has 4 heteroatoms. The predicted molar refractivity (Wildman–Crippen MR) is 56.1 cm³/mol. The highest BCUT2D eigenvalue weighted by Crippen LogP contribution is 2.50. The molecule has 2 fully saturated rings. The number of carbonyl (C=O) groups excluding carboxylic acids is 1. The van der Waals surface area contributed by atoms with Gasteiger partial charge in [0.25, 0.3) is 0 Å². The van der Waals surface area contributed by atoms with Crippen molar-refractivity contribution in [2.24, 2.45) is 5.41 Å². The molecule has 0 aromatic carbocycles. The summed E-state index contributed by atoms with van der Waals surface area (Å²) in [6, 6.07) is 0.284. The van der Waals surface area contributed by atoms with E-state index < -0.39 is 11.6 Å². The number of hydrogen-bond acceptors (Lipinski definition) is 1. The Kier molecular flexibility index (Phi) is 2.58. The number of amides is 1. The van der Waals surface area contributed by atoms with Crippen LogP contribution in [-0.4, -0.2) is 34.9 Å². The van der Waals surface area contributed by atoms with E-state index in [0.29, 0.717) is 6.42 Å². The van der Waals surface area contributed by atoms with Gasteiger partial charge in [0.2, 0.25) is 5.91 Å². The monoisotopic (exact) mass is 263 g/mol. The van der Waals surface area contributed by atoms with Crippen molar-refractivity contribution < 1.29 is 9.18 Å². The van der Waals surface area contributed by atoms with Crippen LogP contribution in [0.25, 0.3) is 0 Å². The predicted octanol–water partition coefficient (Wildman–Crippen LogP) is 2.12. The molecule has 0 spiro atoms. The van der Waals surface area contributed by atoms with Crippen LogP contribution in [0.4, 0.5) is 4.39 Å². The van der Waals surface area contributed by atoms with E-state index >= 15 is 0 Å². The van der Waals surface area contributed by atoms with Gasteiger partial charge in [-0.1, -0.05) is 15.9 Å². The summed E-state index contributed by atoms with van der Waals surface area (Å²) in [6.07, 6.45) is 1.60. The summed E-state index contributed by atoms with van der Waals surface area (Å²) < 4.78 is 13.0. The molecule has 0 bridgehead atoms. The fourth-order valence-corrected chi connectivity index (χ4v) is 2.80. The first-order valence-corrected chi connectivity index (χ1v) is 6.23. The van der Waals surface area contributed by atoms with Crippen LogP contribution < -0.4 is 0 Å². The second kappa shape index (κ2) is 3.47. The summed E-state index contributed by atoms with van der Waals surface area (Å²) in [4.78, 5) is 13.8. The minimum atomic E-state index is -0.911. The Hall–Kier alpha value is -0.120. The number of nitrogens with zero attached hydrogens (tertiary/aromatic N) is 1. The van der Waals surface area contributed by atoms with Crippen LogP contribution in [-0.2, 0) is 4.79 Å². The molecule has 14 heavy (non-hydrogen) atoms. The second-order valence-corrected chi connectivity index (χ2v) is 5.19. The van der Waals surface area contributed by atoms with Gasteiger partial charge in [-0.05, 0) is 26.2 Å². The quantitative estimate of drug-likeness (QED) is 0.699. The largest absolute Gasteiger partial charge is 0.338 e. The summed E-state index contributed by atoms with van der Waals surface area (Å²) in [6.45, 7) is 2.54. The molecule has 1 aliphatic heterocycles. The van der Waals surface area contributed by atoms with Crippen molar-refractivity contribution in [1.82, 2.24) is 4.90 Å². The molecule has 3 unspecified atom stereocenters. The van der Waals surface area contributed by atoms with Crippen LogP contribution in [0, 0.1) is 5.41 Å². The van der Waals surface area contributed by atoms with E-state index in [1.165, 1.54) is 0 Å². The van der Waals surface area contributed by atoms with E-state index in [4.69, 9.17) is 0 Å². The van der Waals surface area contributed by atoms with E-state index in [1.807, 2.05) is 4.90 Å². The van der Waals surface area contributed by atoms with Crippen molar-refractivity contribution in [3.05, 3.63) is 0 Å². The van der Waals surface area contributed by atoms with Crippen LogP contribution in [0.1, 0.15) is 26.2 Å². The van der Waals surface area contributed by atoms with Gasteiger partial charge in [-0.15, -0.1) is 0 Å². The van der Waals surface area contributed by atoms with Gasteiger partial charge in [-0.2, -0.15) is 0 Å². The fraction of sp³-hybridized carbons (Fsp3) is 0.900. The first-order valence-electron chi connectivity index (χ1n) is 5.10. The van der Waals surface area contributed by atoms with E-state index in [0.717, 1.165) is 24.7 Å². The van der Waals surface area contributed by atoms with Crippen LogP contribution in [0.15, 0.2) is 0 Å². The standard InChI is InChI=1S/C10H15BrFNO/c1-10(5-8(10)12)9(14)13-4-2-3-7(13)6-11/h7-8H,2-6H2,1H3. The third-order valence-corrected chi connectivity index (χ3v) is 4.19. The van der Waals surface area contributed by atoms with Crippen molar-refractivity contribution in [3.8, 4) is 0 Å². The zero-order chi connectivity index (χ0) is 10.3. The molecular weight excluding hydrogens is 249 g/mol. The molecule has 2 rings (SSSR count). The van der Waals surface area contributed by atoms with Crippen LogP contribution in [0.2, 0.25) is 0 Å². The summed E-state index contributed by atoms with van der Waals surface area (Å²) in [5.74, 6) is 0.0203. The lowest BCUT2D eigenvalue weighted by Crippen LogP contribution is -2.41. The molecule has 1 amide bonds. The number of alkyl halides is 2. The molecule has 1 heterocycles. The molecule has 3 atom stereocenters. The van der Waals surface area contributed by atoms with Gasteiger partial charge in [-0.25, -0.2) is 4.39 Å². The lowest BCUT2D eigenvalue weighted by Gasteiger charge is -2.26. The van der Waals surface area contributed by atoms with Crippen LogP contribution >= 0.6 is 15.9 Å². The first-order chi connectivity index (χ1) is 6.59. The van der Waals surface area contributed by atoms with Crippen molar-refractivity contribution in [1.29, 1.82) is 0 Å². The lowest BCUT2D eigenvalue weighted by atomic mass is 10.1. The molecule has 0 aromatic rings. The average Bonchev–Trinajstić information content (AvgIpc) is 2.67. The zero-order valence-electron chi connectivity index (χ0n) is 8.30. The molecule has 80 valence electrons. The zero-order valence-corrected chi connectivity index (χ0v) is 9.89. The van der Waals surface area contributed by atoms with Crippen molar-refractivity contribution >= 4 is 21.8 Å². The van der Waals surface area contributed by atoms with Crippen molar-refractivity contribution in [2.45, 2.75) is 38.4 Å². The van der Waals surface area contributed by atoms with Crippen molar-refractivity contribution in [3.63, 3.8) is 0 Å². The van der Waals surface area contributed by atoms with Gasteiger partial charge >= 0.3 is 0 Å². The van der Waals surface area contributed by atoms with Crippen LogP contribution in [0.3, 0.4) is 0 Å². The number of likely N-dealkylation sites (tertiary alicyclic amines) is 1. The van der Waals surface area contributed by atoms with Gasteiger partial charge in [0, 0.05) is 17.9 Å². The van der Waals surface area contributed by atoms with E-state index in [1.54, 1.807) is 6.92 Å². The highest BCUT2D eigenvalue weighted by Gasteiger charge is 2.59. The van der Waals surface area contributed by atoms with Crippen molar-refractivity contribution in [2.75, 3.05) is 11.9 Å². The Morgan fingerprint density at radius 3 is 2.86 bits per heavy atom. The van der Waals surface area contributed by atoms with E-state index in [9.17, 15) is 9.18 Å². The van der Waals surface area contributed by atoms with E-state index in [-0.39, 0.29) is 11.9 Å². The Morgan fingerprint density at radius 1 is 1.71 bits per heavy atom. The minimum Gasteiger partial charge on any atom is -0.338 e. The minimum absolute atomic E-state index is 0.0203. The molecule has 1 saturated heterocycles. The Morgan fingerprint density at radius 2 is 2.36 bits per heavy atom. The summed E-state index contributed by atoms with van der Waals surface area (Å²) in [5, 5.41) is 0.811.